The van der Waals surface area contributed by atoms with E-state index in [2.05, 4.69) is 4.98 Å². The summed E-state index contributed by atoms with van der Waals surface area (Å²) in [5, 5.41) is 11.4. The molecule has 0 unspecified atom stereocenters. The first-order chi connectivity index (χ1) is 14.1. The van der Waals surface area contributed by atoms with Crippen molar-refractivity contribution in [3.63, 3.8) is 0 Å². The highest BCUT2D eigenvalue weighted by Crippen LogP contribution is 2.39. The lowest BCUT2D eigenvalue weighted by molar-refractivity contribution is -0.143. The molecule has 0 aliphatic carbocycles. The molecule has 1 aliphatic rings. The monoisotopic (exact) mass is 395 g/mol. The summed E-state index contributed by atoms with van der Waals surface area (Å²) in [6.07, 6.45) is -0.0948. The smallest absolute Gasteiger partial charge is 0.306 e. The Bertz CT molecular complexity index is 1120. The Labute approximate surface area is 166 Å². The number of fused-ring (bicyclic) bond motifs is 2. The van der Waals surface area contributed by atoms with Crippen molar-refractivity contribution in [1.82, 2.24) is 4.98 Å². The van der Waals surface area contributed by atoms with Crippen LogP contribution in [0.15, 0.2) is 47.3 Å². The third-order valence-corrected chi connectivity index (χ3v) is 4.92. The number of nitrogens with one attached hydrogen (secondary N) is 1. The van der Waals surface area contributed by atoms with Gasteiger partial charge in [0.05, 0.1) is 24.1 Å². The molecule has 0 saturated carbocycles. The summed E-state index contributed by atoms with van der Waals surface area (Å²) in [6.45, 7) is 2.83. The van der Waals surface area contributed by atoms with Gasteiger partial charge in [-0.1, -0.05) is 18.2 Å². The van der Waals surface area contributed by atoms with Gasteiger partial charge in [0.25, 0.3) is 5.56 Å². The third kappa shape index (κ3) is 3.63. The standard InChI is InChI=1S/C22H21NO6/c1-2-27-19(24)12-15(13-7-8-17-18(11-13)29-10-9-28-17)20-21(25)14-5-3-4-6-16(14)23-22(20)26/h3-8,11,15H,2,9-10,12H2,1H3,(H2,23,25,26)/t15-/m0/s1. The summed E-state index contributed by atoms with van der Waals surface area (Å²) in [5.41, 5.74) is 0.841. The number of para-hydroxylation sites is 1. The number of aromatic hydroxyl groups is 1. The van der Waals surface area contributed by atoms with Gasteiger partial charge in [0.1, 0.15) is 19.0 Å². The number of ether oxygens (including phenoxy) is 3. The molecule has 0 amide bonds. The molecule has 0 fully saturated rings. The van der Waals surface area contributed by atoms with E-state index in [-0.39, 0.29) is 24.3 Å². The number of H-pyrrole nitrogens is 1. The Hall–Kier alpha value is -3.48. The first-order valence-corrected chi connectivity index (χ1v) is 9.47. The fourth-order valence-corrected chi connectivity index (χ4v) is 3.61. The van der Waals surface area contributed by atoms with Crippen LogP contribution in [-0.2, 0) is 9.53 Å². The number of carbonyl (C=O) groups excluding carboxylic acids is 1. The number of benzene rings is 2. The van der Waals surface area contributed by atoms with Crippen LogP contribution in [0.5, 0.6) is 17.2 Å². The molecule has 4 rings (SSSR count). The van der Waals surface area contributed by atoms with E-state index in [9.17, 15) is 14.7 Å². The Balaban J connectivity index is 1.86. The minimum atomic E-state index is -0.710. The molecule has 1 atom stereocenters. The zero-order chi connectivity index (χ0) is 20.4. The second kappa shape index (κ2) is 7.87. The Morgan fingerprint density at radius 2 is 1.93 bits per heavy atom. The first-order valence-electron chi connectivity index (χ1n) is 9.47. The van der Waals surface area contributed by atoms with Crippen LogP contribution in [0.1, 0.15) is 30.4 Å². The summed E-state index contributed by atoms with van der Waals surface area (Å²) in [4.78, 5) is 28.0. The summed E-state index contributed by atoms with van der Waals surface area (Å²) in [5.74, 6) is -0.169. The van der Waals surface area contributed by atoms with Crippen LogP contribution in [0.25, 0.3) is 10.9 Å². The van der Waals surface area contributed by atoms with Gasteiger partial charge in [0.15, 0.2) is 11.5 Å². The SMILES string of the molecule is CCOC(=O)C[C@@H](c1ccc2c(c1)OCCO2)c1c(O)c2ccccc2[nH]c1=O. The molecule has 0 radical (unpaired) electrons. The van der Waals surface area contributed by atoms with Gasteiger partial charge in [0.2, 0.25) is 0 Å². The van der Waals surface area contributed by atoms with Gasteiger partial charge in [-0.05, 0) is 36.8 Å². The van der Waals surface area contributed by atoms with E-state index < -0.39 is 17.4 Å². The van der Waals surface area contributed by atoms with Crippen LogP contribution in [0.3, 0.4) is 0 Å². The molecule has 7 heteroatoms. The predicted molar refractivity (Wildman–Crippen MR) is 107 cm³/mol. The van der Waals surface area contributed by atoms with Crippen molar-refractivity contribution in [3.8, 4) is 17.2 Å². The molecule has 0 bridgehead atoms. The fraction of sp³-hybridized carbons (Fsp3) is 0.273. The topological polar surface area (TPSA) is 97.8 Å². The Morgan fingerprint density at radius 1 is 1.17 bits per heavy atom. The molecule has 2 heterocycles. The number of esters is 1. The molecule has 7 nitrogen and oxygen atoms in total. The average molecular weight is 395 g/mol. The van der Waals surface area contributed by atoms with Crippen molar-refractivity contribution in [2.24, 2.45) is 0 Å². The maximum absolute atomic E-state index is 12.9. The van der Waals surface area contributed by atoms with Gasteiger partial charge in [-0.2, -0.15) is 0 Å². The second-order valence-electron chi connectivity index (χ2n) is 6.73. The number of hydrogen-bond donors (Lipinski definition) is 2. The van der Waals surface area contributed by atoms with Crippen LogP contribution in [0.2, 0.25) is 0 Å². The summed E-state index contributed by atoms with van der Waals surface area (Å²) < 4.78 is 16.3. The molecule has 1 aromatic heterocycles. The Kier molecular flexibility index (Phi) is 5.12. The quantitative estimate of drug-likeness (QED) is 0.645. The van der Waals surface area contributed by atoms with E-state index in [0.717, 1.165) is 0 Å². The molecule has 150 valence electrons. The lowest BCUT2D eigenvalue weighted by atomic mass is 9.87. The number of aromatic nitrogens is 1. The van der Waals surface area contributed by atoms with Crippen molar-refractivity contribution in [1.29, 1.82) is 0 Å². The lowest BCUT2D eigenvalue weighted by Gasteiger charge is -2.22. The lowest BCUT2D eigenvalue weighted by Crippen LogP contribution is -2.21. The normalized spacial score (nSPS) is 13.8. The molecule has 2 aromatic carbocycles. The maximum atomic E-state index is 12.9. The number of pyridine rings is 1. The molecule has 2 N–H and O–H groups in total. The van der Waals surface area contributed by atoms with Gasteiger partial charge in [0, 0.05) is 11.3 Å². The number of aromatic amines is 1. The zero-order valence-corrected chi connectivity index (χ0v) is 15.9. The fourth-order valence-electron chi connectivity index (χ4n) is 3.61. The minimum Gasteiger partial charge on any atom is -0.507 e. The van der Waals surface area contributed by atoms with E-state index >= 15 is 0 Å². The van der Waals surface area contributed by atoms with Crippen LogP contribution in [0.4, 0.5) is 0 Å². The van der Waals surface area contributed by atoms with Crippen molar-refractivity contribution in [3.05, 3.63) is 63.9 Å². The van der Waals surface area contributed by atoms with E-state index in [1.807, 2.05) is 0 Å². The third-order valence-electron chi connectivity index (χ3n) is 4.92. The number of carbonyl (C=O) groups is 1. The Morgan fingerprint density at radius 3 is 2.72 bits per heavy atom. The van der Waals surface area contributed by atoms with E-state index in [1.54, 1.807) is 49.4 Å². The van der Waals surface area contributed by atoms with Crippen LogP contribution in [-0.4, -0.2) is 35.9 Å². The van der Waals surface area contributed by atoms with Crippen LogP contribution in [0, 0.1) is 0 Å². The molecule has 0 saturated heterocycles. The highest BCUT2D eigenvalue weighted by Gasteiger charge is 2.27. The number of hydrogen-bond acceptors (Lipinski definition) is 6. The van der Waals surface area contributed by atoms with Crippen molar-refractivity contribution >= 4 is 16.9 Å². The molecule has 3 aromatic rings. The van der Waals surface area contributed by atoms with Gasteiger partial charge in [-0.3, -0.25) is 9.59 Å². The van der Waals surface area contributed by atoms with Gasteiger partial charge >= 0.3 is 5.97 Å². The summed E-state index contributed by atoms with van der Waals surface area (Å²) in [7, 11) is 0. The van der Waals surface area contributed by atoms with Crippen LogP contribution >= 0.6 is 0 Å². The largest absolute Gasteiger partial charge is 0.507 e. The zero-order valence-electron chi connectivity index (χ0n) is 15.9. The van der Waals surface area contributed by atoms with Crippen molar-refractivity contribution in [2.75, 3.05) is 19.8 Å². The van der Waals surface area contributed by atoms with E-state index in [1.165, 1.54) is 0 Å². The first kappa shape index (κ1) is 18.9. The predicted octanol–water partition coefficient (Wildman–Crippen LogP) is 3.09. The molecule has 0 spiro atoms. The molecule has 1 aliphatic heterocycles. The summed E-state index contributed by atoms with van der Waals surface area (Å²) >= 11 is 0. The van der Waals surface area contributed by atoms with Crippen molar-refractivity contribution in [2.45, 2.75) is 19.3 Å². The highest BCUT2D eigenvalue weighted by molar-refractivity contribution is 5.86. The average Bonchev–Trinajstić information content (AvgIpc) is 2.73. The van der Waals surface area contributed by atoms with Crippen LogP contribution < -0.4 is 15.0 Å². The minimum absolute atomic E-state index is 0.0948. The molecule has 29 heavy (non-hydrogen) atoms. The highest BCUT2D eigenvalue weighted by atomic mass is 16.6. The van der Waals surface area contributed by atoms with E-state index in [4.69, 9.17) is 14.2 Å². The van der Waals surface area contributed by atoms with E-state index in [0.29, 0.717) is 41.2 Å². The molecular weight excluding hydrogens is 374 g/mol. The second-order valence-corrected chi connectivity index (χ2v) is 6.73. The van der Waals surface area contributed by atoms with Gasteiger partial charge < -0.3 is 24.3 Å². The maximum Gasteiger partial charge on any atom is 0.306 e. The number of rotatable bonds is 5. The van der Waals surface area contributed by atoms with Gasteiger partial charge in [-0.15, -0.1) is 0 Å². The van der Waals surface area contributed by atoms with Gasteiger partial charge in [-0.25, -0.2) is 0 Å². The van der Waals surface area contributed by atoms with Crippen molar-refractivity contribution < 1.29 is 24.1 Å². The molecular formula is C22H21NO6. The summed E-state index contributed by atoms with van der Waals surface area (Å²) in [6, 6.07) is 12.2.